The summed E-state index contributed by atoms with van der Waals surface area (Å²) >= 11 is 12.4. The maximum Gasteiger partial charge on any atom is 0.239 e. The fourth-order valence-electron chi connectivity index (χ4n) is 3.68. The van der Waals surface area contributed by atoms with Crippen LogP contribution in [0.3, 0.4) is 0 Å². The van der Waals surface area contributed by atoms with Crippen LogP contribution >= 0.6 is 23.2 Å². The van der Waals surface area contributed by atoms with Crippen LogP contribution in [0, 0.1) is 17.8 Å². The first kappa shape index (κ1) is 24.5. The number of hydrogen-bond donors (Lipinski definition) is 1. The number of nitrogens with one attached hydrogen (secondary N) is 1. The summed E-state index contributed by atoms with van der Waals surface area (Å²) in [5, 5.41) is 3.23. The lowest BCUT2D eigenvalue weighted by atomic mass is 9.86. The molecule has 1 fully saturated rings. The standard InChI is InChI=1S/C21H34Cl2N2O.H2O/c1-14(2)7-10-24-20(15(3)4)21(26)25-11-8-16(9-12-25)17-5-6-18(22)19(23)13-17;/h5-6,13-16,18-20,24H,7-12H2,1-4H3;1H2/t18?,19?,20-;/m1./s1. The molecule has 4 nitrogen and oxygen atoms in total. The SMILES string of the molecule is CC(C)CCN[C@@H](C(=O)N1CCC(C2=CC(Cl)C(Cl)C=C2)CC1)C(C)C.O. The summed E-state index contributed by atoms with van der Waals surface area (Å²) in [5.41, 5.74) is 1.28. The summed E-state index contributed by atoms with van der Waals surface area (Å²) in [6.45, 7) is 11.2. The number of rotatable bonds is 7. The molecule has 1 aliphatic carbocycles. The van der Waals surface area contributed by atoms with Crippen LogP contribution in [0.25, 0.3) is 0 Å². The molecule has 0 aromatic rings. The first-order valence-corrected chi connectivity index (χ1v) is 10.9. The third-order valence-corrected chi connectivity index (χ3v) is 6.37. The zero-order chi connectivity index (χ0) is 19.3. The van der Waals surface area contributed by atoms with Gasteiger partial charge in [-0.25, -0.2) is 0 Å². The van der Waals surface area contributed by atoms with E-state index < -0.39 is 0 Å². The third-order valence-electron chi connectivity index (χ3n) is 5.43. The molecule has 0 aromatic carbocycles. The first-order valence-electron chi connectivity index (χ1n) is 9.99. The smallest absolute Gasteiger partial charge is 0.239 e. The van der Waals surface area contributed by atoms with Gasteiger partial charge in [0.2, 0.25) is 5.91 Å². The highest BCUT2D eigenvalue weighted by Crippen LogP contribution is 2.31. The number of alkyl halides is 2. The molecule has 3 atom stereocenters. The molecule has 1 heterocycles. The summed E-state index contributed by atoms with van der Waals surface area (Å²) in [7, 11) is 0. The van der Waals surface area contributed by atoms with E-state index in [1.165, 1.54) is 5.57 Å². The molecule has 0 radical (unpaired) electrons. The maximum absolute atomic E-state index is 13.0. The van der Waals surface area contributed by atoms with E-state index in [2.05, 4.69) is 45.2 Å². The van der Waals surface area contributed by atoms with Gasteiger partial charge in [-0.2, -0.15) is 0 Å². The van der Waals surface area contributed by atoms with Crippen LogP contribution in [0.4, 0.5) is 0 Å². The predicted octanol–water partition coefficient (Wildman–Crippen LogP) is 3.77. The second kappa shape index (κ2) is 11.5. The van der Waals surface area contributed by atoms with Crippen molar-refractivity contribution < 1.29 is 10.3 Å². The largest absolute Gasteiger partial charge is 0.412 e. The molecule has 2 aliphatic rings. The van der Waals surface area contributed by atoms with Gasteiger partial charge in [-0.15, -0.1) is 23.2 Å². The van der Waals surface area contributed by atoms with Crippen molar-refractivity contribution in [2.45, 2.75) is 63.8 Å². The highest BCUT2D eigenvalue weighted by molar-refractivity contribution is 6.31. The summed E-state index contributed by atoms with van der Waals surface area (Å²) in [6, 6.07) is -0.0803. The van der Waals surface area contributed by atoms with Crippen molar-refractivity contribution in [1.82, 2.24) is 10.2 Å². The van der Waals surface area contributed by atoms with E-state index >= 15 is 0 Å². The van der Waals surface area contributed by atoms with Gasteiger partial charge in [-0.05, 0) is 49.1 Å². The minimum absolute atomic E-state index is 0. The molecule has 1 amide bonds. The molecule has 6 heteroatoms. The van der Waals surface area contributed by atoms with E-state index in [0.29, 0.717) is 17.8 Å². The zero-order valence-corrected chi connectivity index (χ0v) is 18.6. The fourth-order valence-corrected chi connectivity index (χ4v) is 4.05. The molecule has 0 aromatic heterocycles. The van der Waals surface area contributed by atoms with Crippen molar-refractivity contribution in [3.63, 3.8) is 0 Å². The second-order valence-corrected chi connectivity index (χ2v) is 9.38. The van der Waals surface area contributed by atoms with Gasteiger partial charge in [0, 0.05) is 13.1 Å². The highest BCUT2D eigenvalue weighted by atomic mass is 35.5. The lowest BCUT2D eigenvalue weighted by molar-refractivity contribution is -0.135. The molecule has 0 bridgehead atoms. The monoisotopic (exact) mass is 418 g/mol. The Morgan fingerprint density at radius 2 is 1.81 bits per heavy atom. The van der Waals surface area contributed by atoms with Gasteiger partial charge in [0.25, 0.3) is 0 Å². The van der Waals surface area contributed by atoms with E-state index in [-0.39, 0.29) is 28.2 Å². The lowest BCUT2D eigenvalue weighted by Gasteiger charge is -2.36. The van der Waals surface area contributed by atoms with Crippen molar-refractivity contribution in [3.05, 3.63) is 23.8 Å². The van der Waals surface area contributed by atoms with Gasteiger partial charge in [0.05, 0.1) is 16.8 Å². The van der Waals surface area contributed by atoms with Gasteiger partial charge in [-0.3, -0.25) is 4.79 Å². The zero-order valence-electron chi connectivity index (χ0n) is 17.1. The minimum atomic E-state index is -0.133. The van der Waals surface area contributed by atoms with Crippen LogP contribution in [-0.2, 0) is 4.79 Å². The Morgan fingerprint density at radius 1 is 1.19 bits per heavy atom. The number of allylic oxidation sites excluding steroid dienone is 4. The Bertz CT molecular complexity index is 526. The van der Waals surface area contributed by atoms with Crippen LogP contribution in [0.1, 0.15) is 47.0 Å². The number of carbonyl (C=O) groups is 1. The quantitative estimate of drug-likeness (QED) is 0.639. The van der Waals surface area contributed by atoms with Gasteiger partial charge in [0.1, 0.15) is 0 Å². The lowest BCUT2D eigenvalue weighted by Crippen LogP contribution is -2.51. The molecular formula is C21H36Cl2N2O2. The topological polar surface area (TPSA) is 63.8 Å². The van der Waals surface area contributed by atoms with E-state index in [1.807, 2.05) is 11.0 Å². The van der Waals surface area contributed by atoms with E-state index in [0.717, 1.165) is 38.9 Å². The average Bonchev–Trinajstić information content (AvgIpc) is 2.60. The third kappa shape index (κ3) is 7.08. The molecule has 3 N–H and O–H groups in total. The number of carbonyl (C=O) groups excluding carboxylic acids is 1. The van der Waals surface area contributed by atoms with Crippen LogP contribution in [0.5, 0.6) is 0 Å². The summed E-state index contributed by atoms with van der Waals surface area (Å²) < 4.78 is 0. The summed E-state index contributed by atoms with van der Waals surface area (Å²) in [5.74, 6) is 1.68. The molecule has 1 saturated heterocycles. The number of amides is 1. The van der Waals surface area contributed by atoms with Crippen LogP contribution in [0.15, 0.2) is 23.8 Å². The van der Waals surface area contributed by atoms with Gasteiger partial charge in [0.15, 0.2) is 0 Å². The van der Waals surface area contributed by atoms with Crippen LogP contribution < -0.4 is 5.32 Å². The van der Waals surface area contributed by atoms with Crippen LogP contribution in [0.2, 0.25) is 0 Å². The Hall–Kier alpha value is -0.550. The normalized spacial score (nSPS) is 24.7. The fraction of sp³-hybridized carbons (Fsp3) is 0.762. The molecular weight excluding hydrogens is 383 g/mol. The highest BCUT2D eigenvalue weighted by Gasteiger charge is 2.31. The summed E-state index contributed by atoms with van der Waals surface area (Å²) in [6.07, 6.45) is 9.28. The molecule has 156 valence electrons. The predicted molar refractivity (Wildman–Crippen MR) is 116 cm³/mol. The Labute approximate surface area is 174 Å². The Kier molecular flexibility index (Phi) is 10.4. The molecule has 27 heavy (non-hydrogen) atoms. The maximum atomic E-state index is 13.0. The van der Waals surface area contributed by atoms with E-state index in [9.17, 15) is 4.79 Å². The number of likely N-dealkylation sites (tertiary alicyclic amines) is 1. The molecule has 2 unspecified atom stereocenters. The molecule has 2 rings (SSSR count). The number of piperidine rings is 1. The Morgan fingerprint density at radius 3 is 2.33 bits per heavy atom. The number of halogens is 2. The number of hydrogen-bond acceptors (Lipinski definition) is 2. The number of nitrogens with zero attached hydrogens (tertiary/aromatic N) is 1. The Balaban J connectivity index is 0.00000364. The minimum Gasteiger partial charge on any atom is -0.412 e. The van der Waals surface area contributed by atoms with E-state index in [4.69, 9.17) is 23.2 Å². The van der Waals surface area contributed by atoms with Crippen molar-refractivity contribution in [2.75, 3.05) is 19.6 Å². The van der Waals surface area contributed by atoms with E-state index in [1.54, 1.807) is 0 Å². The van der Waals surface area contributed by atoms with Crippen molar-refractivity contribution in [3.8, 4) is 0 Å². The average molecular weight is 419 g/mol. The molecule has 0 saturated carbocycles. The second-order valence-electron chi connectivity index (χ2n) is 8.37. The van der Waals surface area contributed by atoms with Gasteiger partial charge >= 0.3 is 0 Å². The van der Waals surface area contributed by atoms with Crippen molar-refractivity contribution >= 4 is 29.1 Å². The molecule has 0 spiro atoms. The van der Waals surface area contributed by atoms with Gasteiger partial charge < -0.3 is 15.7 Å². The van der Waals surface area contributed by atoms with Crippen LogP contribution in [-0.4, -0.2) is 52.7 Å². The van der Waals surface area contributed by atoms with Gasteiger partial charge in [-0.1, -0.05) is 45.9 Å². The van der Waals surface area contributed by atoms with Crippen molar-refractivity contribution in [2.24, 2.45) is 17.8 Å². The summed E-state index contributed by atoms with van der Waals surface area (Å²) in [4.78, 5) is 15.0. The first-order chi connectivity index (χ1) is 12.3. The van der Waals surface area contributed by atoms with Crippen molar-refractivity contribution in [1.29, 1.82) is 0 Å². The molecule has 1 aliphatic heterocycles.